The summed E-state index contributed by atoms with van der Waals surface area (Å²) in [7, 11) is 0. The first-order valence-corrected chi connectivity index (χ1v) is 7.32. The van der Waals surface area contributed by atoms with E-state index in [0.29, 0.717) is 18.8 Å². The quantitative estimate of drug-likeness (QED) is 0.801. The first kappa shape index (κ1) is 14.5. The number of aliphatic hydroxyl groups is 1. The zero-order chi connectivity index (χ0) is 13.5. The Hall–Kier alpha value is -0.900. The van der Waals surface area contributed by atoms with Crippen LogP contribution in [0.1, 0.15) is 37.8 Å². The number of hydrogen-bond donors (Lipinski definition) is 1. The Morgan fingerprint density at radius 2 is 1.95 bits per heavy atom. The van der Waals surface area contributed by atoms with E-state index < -0.39 is 0 Å². The Bertz CT molecular complexity index is 347. The molecule has 0 bridgehead atoms. The molecule has 1 aliphatic rings. The van der Waals surface area contributed by atoms with Crippen LogP contribution in [-0.2, 0) is 4.74 Å². The van der Waals surface area contributed by atoms with Crippen LogP contribution in [0.5, 0.6) is 0 Å². The summed E-state index contributed by atoms with van der Waals surface area (Å²) in [5, 5.41) is 8.75. The summed E-state index contributed by atoms with van der Waals surface area (Å²) < 4.78 is 5.77. The molecule has 3 heteroatoms. The van der Waals surface area contributed by atoms with Gasteiger partial charge in [0, 0.05) is 32.3 Å². The van der Waals surface area contributed by atoms with Crippen molar-refractivity contribution < 1.29 is 9.84 Å². The van der Waals surface area contributed by atoms with E-state index in [0.717, 1.165) is 32.4 Å². The molecule has 0 saturated carbocycles. The molecule has 3 nitrogen and oxygen atoms in total. The van der Waals surface area contributed by atoms with Crippen LogP contribution in [0.4, 0.5) is 0 Å². The fourth-order valence-electron chi connectivity index (χ4n) is 2.69. The molecule has 1 atom stereocenters. The average molecular weight is 263 g/mol. The molecule has 0 radical (unpaired) electrons. The van der Waals surface area contributed by atoms with Crippen molar-refractivity contribution in [1.82, 2.24) is 4.90 Å². The Kier molecular flexibility index (Phi) is 5.83. The van der Waals surface area contributed by atoms with Crippen LogP contribution in [0.15, 0.2) is 30.3 Å². The third-order valence-corrected chi connectivity index (χ3v) is 3.96. The fourth-order valence-corrected chi connectivity index (χ4v) is 2.69. The van der Waals surface area contributed by atoms with Crippen molar-refractivity contribution in [3.8, 4) is 0 Å². The molecule has 1 aromatic rings. The molecule has 19 heavy (non-hydrogen) atoms. The summed E-state index contributed by atoms with van der Waals surface area (Å²) in [6.07, 6.45) is 3.33. The fraction of sp³-hybridized carbons (Fsp3) is 0.625. The van der Waals surface area contributed by atoms with Gasteiger partial charge in [-0.1, -0.05) is 30.3 Å². The van der Waals surface area contributed by atoms with E-state index in [4.69, 9.17) is 9.84 Å². The van der Waals surface area contributed by atoms with Crippen LogP contribution >= 0.6 is 0 Å². The van der Waals surface area contributed by atoms with Crippen LogP contribution in [0.25, 0.3) is 0 Å². The van der Waals surface area contributed by atoms with Crippen LogP contribution < -0.4 is 0 Å². The molecule has 0 aromatic heterocycles. The molecule has 0 amide bonds. The lowest BCUT2D eigenvalue weighted by atomic mass is 10.0. The van der Waals surface area contributed by atoms with E-state index in [1.807, 2.05) is 0 Å². The van der Waals surface area contributed by atoms with E-state index in [1.165, 1.54) is 5.56 Å². The van der Waals surface area contributed by atoms with Gasteiger partial charge < -0.3 is 9.84 Å². The van der Waals surface area contributed by atoms with Gasteiger partial charge in [-0.05, 0) is 31.7 Å². The van der Waals surface area contributed by atoms with Gasteiger partial charge in [-0.3, -0.25) is 4.90 Å². The first-order chi connectivity index (χ1) is 9.31. The lowest BCUT2D eigenvalue weighted by Crippen LogP contribution is -2.38. The second kappa shape index (κ2) is 7.63. The lowest BCUT2D eigenvalue weighted by molar-refractivity contribution is -0.00510. The molecule has 1 fully saturated rings. The Labute approximate surface area is 116 Å². The van der Waals surface area contributed by atoms with Gasteiger partial charge in [-0.2, -0.15) is 0 Å². The molecule has 0 aliphatic carbocycles. The standard InChI is InChI=1S/C16H25NO2/c1-14(15-6-3-2-4-7-15)17-10-8-16(9-11-17)19-13-5-12-18/h2-4,6-7,14,16,18H,5,8-13H2,1H3. The summed E-state index contributed by atoms with van der Waals surface area (Å²) in [5.74, 6) is 0. The molecule has 2 rings (SSSR count). The highest BCUT2D eigenvalue weighted by Gasteiger charge is 2.23. The van der Waals surface area contributed by atoms with Crippen molar-refractivity contribution in [2.75, 3.05) is 26.3 Å². The summed E-state index contributed by atoms with van der Waals surface area (Å²) in [6, 6.07) is 11.2. The molecule has 1 N–H and O–H groups in total. The van der Waals surface area contributed by atoms with Crippen molar-refractivity contribution >= 4 is 0 Å². The number of hydrogen-bond acceptors (Lipinski definition) is 3. The molecule has 106 valence electrons. The van der Waals surface area contributed by atoms with Crippen LogP contribution in [0, 0.1) is 0 Å². The van der Waals surface area contributed by atoms with Gasteiger partial charge in [0.2, 0.25) is 0 Å². The highest BCUT2D eigenvalue weighted by molar-refractivity contribution is 5.18. The summed E-state index contributed by atoms with van der Waals surface area (Å²) in [5.41, 5.74) is 1.39. The lowest BCUT2D eigenvalue weighted by Gasteiger charge is -2.36. The minimum atomic E-state index is 0.226. The van der Waals surface area contributed by atoms with Crippen molar-refractivity contribution in [3.05, 3.63) is 35.9 Å². The largest absolute Gasteiger partial charge is 0.396 e. The summed E-state index contributed by atoms with van der Waals surface area (Å²) in [6.45, 7) is 5.39. The van der Waals surface area contributed by atoms with Crippen LogP contribution in [0.2, 0.25) is 0 Å². The third kappa shape index (κ3) is 4.30. The highest BCUT2D eigenvalue weighted by atomic mass is 16.5. The predicted octanol–water partition coefficient (Wildman–Crippen LogP) is 2.61. The van der Waals surface area contributed by atoms with Gasteiger partial charge in [0.05, 0.1) is 6.10 Å². The van der Waals surface area contributed by atoms with Crippen molar-refractivity contribution in [3.63, 3.8) is 0 Å². The molecular formula is C16H25NO2. The molecule has 1 saturated heterocycles. The number of piperidine rings is 1. The second-order valence-corrected chi connectivity index (χ2v) is 5.27. The Morgan fingerprint density at radius 1 is 1.26 bits per heavy atom. The van der Waals surface area contributed by atoms with Gasteiger partial charge in [0.1, 0.15) is 0 Å². The number of aliphatic hydroxyl groups excluding tert-OH is 1. The number of nitrogens with zero attached hydrogens (tertiary/aromatic N) is 1. The third-order valence-electron chi connectivity index (χ3n) is 3.96. The van der Waals surface area contributed by atoms with Gasteiger partial charge >= 0.3 is 0 Å². The Balaban J connectivity index is 1.77. The van der Waals surface area contributed by atoms with Gasteiger partial charge in [-0.15, -0.1) is 0 Å². The molecular weight excluding hydrogens is 238 g/mol. The minimum absolute atomic E-state index is 0.226. The minimum Gasteiger partial charge on any atom is -0.396 e. The molecule has 1 unspecified atom stereocenters. The predicted molar refractivity (Wildman–Crippen MR) is 77.1 cm³/mol. The molecule has 1 aliphatic heterocycles. The van der Waals surface area contributed by atoms with Crippen molar-refractivity contribution in [2.45, 2.75) is 38.3 Å². The normalized spacial score (nSPS) is 19.5. The number of benzene rings is 1. The maximum atomic E-state index is 8.75. The van der Waals surface area contributed by atoms with Gasteiger partial charge in [0.25, 0.3) is 0 Å². The van der Waals surface area contributed by atoms with E-state index in [-0.39, 0.29) is 6.61 Å². The number of ether oxygens (including phenoxy) is 1. The SMILES string of the molecule is CC(c1ccccc1)N1CCC(OCCCO)CC1. The zero-order valence-corrected chi connectivity index (χ0v) is 11.8. The first-order valence-electron chi connectivity index (χ1n) is 7.32. The zero-order valence-electron chi connectivity index (χ0n) is 11.8. The summed E-state index contributed by atoms with van der Waals surface area (Å²) in [4.78, 5) is 2.53. The average Bonchev–Trinajstić information content (AvgIpc) is 2.48. The second-order valence-electron chi connectivity index (χ2n) is 5.27. The molecule has 1 aromatic carbocycles. The van der Waals surface area contributed by atoms with Gasteiger partial charge in [-0.25, -0.2) is 0 Å². The maximum Gasteiger partial charge on any atom is 0.0599 e. The van der Waals surface area contributed by atoms with Crippen LogP contribution in [0.3, 0.4) is 0 Å². The van der Waals surface area contributed by atoms with E-state index in [1.54, 1.807) is 0 Å². The smallest absolute Gasteiger partial charge is 0.0599 e. The van der Waals surface area contributed by atoms with Gasteiger partial charge in [0.15, 0.2) is 0 Å². The van der Waals surface area contributed by atoms with E-state index in [2.05, 4.69) is 42.2 Å². The molecule has 0 spiro atoms. The van der Waals surface area contributed by atoms with Crippen LogP contribution in [-0.4, -0.2) is 42.4 Å². The summed E-state index contributed by atoms with van der Waals surface area (Å²) >= 11 is 0. The van der Waals surface area contributed by atoms with Crippen molar-refractivity contribution in [2.24, 2.45) is 0 Å². The van der Waals surface area contributed by atoms with Crippen molar-refractivity contribution in [1.29, 1.82) is 0 Å². The van der Waals surface area contributed by atoms with E-state index in [9.17, 15) is 0 Å². The maximum absolute atomic E-state index is 8.75. The number of likely N-dealkylation sites (tertiary alicyclic amines) is 1. The number of rotatable bonds is 6. The van der Waals surface area contributed by atoms with E-state index >= 15 is 0 Å². The highest BCUT2D eigenvalue weighted by Crippen LogP contribution is 2.24. The molecule has 1 heterocycles. The monoisotopic (exact) mass is 263 g/mol. The Morgan fingerprint density at radius 3 is 2.58 bits per heavy atom. The topological polar surface area (TPSA) is 32.7 Å².